The maximum atomic E-state index is 5.16. The molecule has 0 saturated carbocycles. The summed E-state index contributed by atoms with van der Waals surface area (Å²) in [6.45, 7) is 5.52. The minimum atomic E-state index is 0.480. The molecule has 1 aromatic carbocycles. The molecule has 1 N–H and O–H groups in total. The highest BCUT2D eigenvalue weighted by molar-refractivity contribution is 5.27. The Bertz CT molecular complexity index is 335. The van der Waals surface area contributed by atoms with Crippen LogP contribution in [0.3, 0.4) is 0 Å². The second kappa shape index (κ2) is 7.39. The van der Waals surface area contributed by atoms with Gasteiger partial charge in [-0.1, -0.05) is 12.1 Å². The molecule has 3 nitrogen and oxygen atoms in total. The highest BCUT2D eigenvalue weighted by atomic mass is 16.5. The van der Waals surface area contributed by atoms with Gasteiger partial charge in [-0.05, 0) is 52.1 Å². The van der Waals surface area contributed by atoms with Gasteiger partial charge in [-0.25, -0.2) is 0 Å². The van der Waals surface area contributed by atoms with Crippen molar-refractivity contribution < 1.29 is 4.74 Å². The maximum absolute atomic E-state index is 5.16. The van der Waals surface area contributed by atoms with Crippen LogP contribution in [-0.4, -0.2) is 44.7 Å². The molecular weight excluding hydrogens is 224 g/mol. The molecule has 0 aliphatic heterocycles. The van der Waals surface area contributed by atoms with E-state index >= 15 is 0 Å². The van der Waals surface area contributed by atoms with Crippen molar-refractivity contribution in [1.82, 2.24) is 10.2 Å². The van der Waals surface area contributed by atoms with E-state index in [-0.39, 0.29) is 0 Å². The number of likely N-dealkylation sites (N-methyl/N-ethyl adjacent to an activating group) is 1. The summed E-state index contributed by atoms with van der Waals surface area (Å²) in [5.41, 5.74) is 1.34. The predicted molar refractivity (Wildman–Crippen MR) is 77.3 cm³/mol. The third-order valence-electron chi connectivity index (χ3n) is 2.91. The van der Waals surface area contributed by atoms with E-state index in [2.05, 4.69) is 50.3 Å². The van der Waals surface area contributed by atoms with Crippen molar-refractivity contribution in [3.05, 3.63) is 29.8 Å². The van der Waals surface area contributed by atoms with Crippen LogP contribution in [0.4, 0.5) is 0 Å². The molecule has 1 aromatic rings. The van der Waals surface area contributed by atoms with Gasteiger partial charge in [-0.3, -0.25) is 0 Å². The minimum Gasteiger partial charge on any atom is -0.497 e. The second-order valence-electron chi connectivity index (χ2n) is 5.28. The van der Waals surface area contributed by atoms with Gasteiger partial charge in [0, 0.05) is 18.6 Å². The molecule has 0 aliphatic rings. The molecule has 0 spiro atoms. The van der Waals surface area contributed by atoms with Gasteiger partial charge in [0.05, 0.1) is 7.11 Å². The van der Waals surface area contributed by atoms with Gasteiger partial charge in [-0.2, -0.15) is 0 Å². The van der Waals surface area contributed by atoms with Crippen LogP contribution in [0.15, 0.2) is 24.3 Å². The Morgan fingerprint density at radius 1 is 1.11 bits per heavy atom. The van der Waals surface area contributed by atoms with E-state index in [9.17, 15) is 0 Å². The smallest absolute Gasteiger partial charge is 0.118 e. The van der Waals surface area contributed by atoms with Gasteiger partial charge in [0.15, 0.2) is 0 Å². The monoisotopic (exact) mass is 250 g/mol. The Morgan fingerprint density at radius 2 is 1.72 bits per heavy atom. The summed E-state index contributed by atoms with van der Waals surface area (Å²) in [4.78, 5) is 2.21. The zero-order valence-electron chi connectivity index (χ0n) is 12.2. The molecule has 0 heterocycles. The predicted octanol–water partition coefficient (Wildman–Crippen LogP) is 2.17. The molecule has 0 fully saturated rings. The average Bonchev–Trinajstić information content (AvgIpc) is 2.28. The first-order valence-corrected chi connectivity index (χ1v) is 6.55. The van der Waals surface area contributed by atoms with Gasteiger partial charge in [-0.15, -0.1) is 0 Å². The molecule has 102 valence electrons. The van der Waals surface area contributed by atoms with Crippen LogP contribution in [0.2, 0.25) is 0 Å². The summed E-state index contributed by atoms with van der Waals surface area (Å²) in [5.74, 6) is 0.917. The van der Waals surface area contributed by atoms with Gasteiger partial charge in [0.2, 0.25) is 0 Å². The SMILES string of the molecule is COc1ccc(CC(C)NC(C)CN(C)C)cc1. The topological polar surface area (TPSA) is 24.5 Å². The van der Waals surface area contributed by atoms with Crippen LogP contribution >= 0.6 is 0 Å². The highest BCUT2D eigenvalue weighted by Crippen LogP contribution is 2.12. The largest absolute Gasteiger partial charge is 0.497 e. The number of methoxy groups -OCH3 is 1. The Hall–Kier alpha value is -1.06. The molecule has 0 aromatic heterocycles. The third kappa shape index (κ3) is 5.52. The Balaban J connectivity index is 2.41. The van der Waals surface area contributed by atoms with Crippen LogP contribution in [0, 0.1) is 0 Å². The van der Waals surface area contributed by atoms with Crippen molar-refractivity contribution in [2.24, 2.45) is 0 Å². The summed E-state index contributed by atoms with van der Waals surface area (Å²) in [6.07, 6.45) is 1.04. The molecule has 18 heavy (non-hydrogen) atoms. The van der Waals surface area contributed by atoms with Crippen molar-refractivity contribution in [1.29, 1.82) is 0 Å². The van der Waals surface area contributed by atoms with Crippen LogP contribution in [0.1, 0.15) is 19.4 Å². The van der Waals surface area contributed by atoms with Crippen molar-refractivity contribution in [2.75, 3.05) is 27.7 Å². The number of ether oxygens (including phenoxy) is 1. The van der Waals surface area contributed by atoms with E-state index in [1.807, 2.05) is 12.1 Å². The molecule has 0 aliphatic carbocycles. The lowest BCUT2D eigenvalue weighted by atomic mass is 10.1. The second-order valence-corrected chi connectivity index (χ2v) is 5.28. The molecule has 3 heteroatoms. The fraction of sp³-hybridized carbons (Fsp3) is 0.600. The van der Waals surface area contributed by atoms with Gasteiger partial charge in [0.25, 0.3) is 0 Å². The van der Waals surface area contributed by atoms with Crippen LogP contribution < -0.4 is 10.1 Å². The van der Waals surface area contributed by atoms with Crippen molar-refractivity contribution in [3.8, 4) is 5.75 Å². The zero-order valence-corrected chi connectivity index (χ0v) is 12.2. The molecule has 0 saturated heterocycles. The highest BCUT2D eigenvalue weighted by Gasteiger charge is 2.08. The first-order chi connectivity index (χ1) is 8.51. The first-order valence-electron chi connectivity index (χ1n) is 6.55. The Morgan fingerprint density at radius 3 is 2.22 bits per heavy atom. The summed E-state index contributed by atoms with van der Waals surface area (Å²) < 4.78 is 5.16. The van der Waals surface area contributed by atoms with Crippen LogP contribution in [0.25, 0.3) is 0 Å². The third-order valence-corrected chi connectivity index (χ3v) is 2.91. The quantitative estimate of drug-likeness (QED) is 0.802. The molecule has 1 rings (SSSR count). The van der Waals surface area contributed by atoms with E-state index in [0.717, 1.165) is 18.7 Å². The van der Waals surface area contributed by atoms with Crippen molar-refractivity contribution >= 4 is 0 Å². The fourth-order valence-corrected chi connectivity index (χ4v) is 2.26. The molecular formula is C15H26N2O. The van der Waals surface area contributed by atoms with Gasteiger partial charge >= 0.3 is 0 Å². The number of hydrogen-bond acceptors (Lipinski definition) is 3. The number of nitrogens with zero attached hydrogens (tertiary/aromatic N) is 1. The summed E-state index contributed by atoms with van der Waals surface area (Å²) in [6, 6.07) is 9.29. The lowest BCUT2D eigenvalue weighted by Crippen LogP contribution is -2.41. The fourth-order valence-electron chi connectivity index (χ4n) is 2.26. The molecule has 0 bridgehead atoms. The van der Waals surface area contributed by atoms with E-state index in [4.69, 9.17) is 4.74 Å². The van der Waals surface area contributed by atoms with E-state index in [1.165, 1.54) is 5.56 Å². The number of benzene rings is 1. The van der Waals surface area contributed by atoms with Crippen LogP contribution in [-0.2, 0) is 6.42 Å². The summed E-state index contributed by atoms with van der Waals surface area (Å²) in [5, 5.41) is 3.62. The number of nitrogens with one attached hydrogen (secondary N) is 1. The molecule has 0 radical (unpaired) electrons. The zero-order chi connectivity index (χ0) is 13.5. The lowest BCUT2D eigenvalue weighted by Gasteiger charge is -2.23. The first kappa shape index (κ1) is 15.0. The van der Waals surface area contributed by atoms with Gasteiger partial charge < -0.3 is 15.0 Å². The average molecular weight is 250 g/mol. The Labute approximate surface area is 111 Å². The van der Waals surface area contributed by atoms with Crippen molar-refractivity contribution in [3.63, 3.8) is 0 Å². The summed E-state index contributed by atoms with van der Waals surface area (Å²) >= 11 is 0. The van der Waals surface area contributed by atoms with Crippen molar-refractivity contribution in [2.45, 2.75) is 32.4 Å². The number of hydrogen-bond donors (Lipinski definition) is 1. The van der Waals surface area contributed by atoms with E-state index in [0.29, 0.717) is 12.1 Å². The van der Waals surface area contributed by atoms with Gasteiger partial charge in [0.1, 0.15) is 5.75 Å². The van der Waals surface area contributed by atoms with E-state index < -0.39 is 0 Å². The molecule has 0 amide bonds. The summed E-state index contributed by atoms with van der Waals surface area (Å²) in [7, 11) is 5.90. The maximum Gasteiger partial charge on any atom is 0.118 e. The molecule has 2 unspecified atom stereocenters. The lowest BCUT2D eigenvalue weighted by molar-refractivity contribution is 0.332. The molecule has 2 atom stereocenters. The Kier molecular flexibility index (Phi) is 6.16. The van der Waals surface area contributed by atoms with Crippen LogP contribution in [0.5, 0.6) is 5.75 Å². The standard InChI is InChI=1S/C15H26N2O/c1-12(16-13(2)11-17(3)4)10-14-6-8-15(18-5)9-7-14/h6-9,12-13,16H,10-11H2,1-5H3. The minimum absolute atomic E-state index is 0.480. The normalized spacial score (nSPS) is 14.6. The number of rotatable bonds is 7. The van der Waals surface area contributed by atoms with E-state index in [1.54, 1.807) is 7.11 Å².